The molecule has 4 heterocycles. The molecule has 0 atom stereocenters. The van der Waals surface area contributed by atoms with Crippen LogP contribution in [0.2, 0.25) is 0 Å². The average molecular weight is 493 g/mol. The first-order valence-corrected chi connectivity index (χ1v) is 11.0. The molecule has 0 spiro atoms. The standard InChI is InChI=1S/C23H21F2N9O2/c1-23(12-36-22(27)35)6-14(7-23)30-17-5-18(20-3-2-15-4-13(8-26)9-29-34(15)20)28-10-16(17)19-11-33(21(24)25)32-31-19/h2-5,9-11,14,21H,6-7,12H2,1H3,(H2,27,35)(H,28,30). The molecule has 5 rings (SSSR count). The number of primary amides is 1. The Labute approximate surface area is 203 Å². The summed E-state index contributed by atoms with van der Waals surface area (Å²) in [7, 11) is 0. The Morgan fingerprint density at radius 2 is 2.14 bits per heavy atom. The van der Waals surface area contributed by atoms with Crippen molar-refractivity contribution in [2.45, 2.75) is 32.4 Å². The van der Waals surface area contributed by atoms with Gasteiger partial charge in [-0.3, -0.25) is 4.98 Å². The van der Waals surface area contributed by atoms with E-state index in [0.29, 0.717) is 45.7 Å². The van der Waals surface area contributed by atoms with E-state index in [0.717, 1.165) is 11.7 Å². The number of pyridine rings is 1. The summed E-state index contributed by atoms with van der Waals surface area (Å²) in [5.74, 6) is 0. The van der Waals surface area contributed by atoms with Gasteiger partial charge in [0.25, 0.3) is 0 Å². The van der Waals surface area contributed by atoms with Crippen LogP contribution in [0.5, 0.6) is 0 Å². The van der Waals surface area contributed by atoms with E-state index in [1.165, 1.54) is 6.20 Å². The summed E-state index contributed by atoms with van der Waals surface area (Å²) >= 11 is 0. The summed E-state index contributed by atoms with van der Waals surface area (Å²) in [6, 6.07) is 9.28. The number of halogens is 2. The first kappa shape index (κ1) is 23.2. The number of hydrogen-bond acceptors (Lipinski definition) is 8. The van der Waals surface area contributed by atoms with E-state index < -0.39 is 12.6 Å². The molecule has 184 valence electrons. The number of nitrogens with one attached hydrogen (secondary N) is 1. The van der Waals surface area contributed by atoms with Gasteiger partial charge in [-0.15, -0.1) is 5.10 Å². The average Bonchev–Trinajstić information content (AvgIpc) is 3.49. The molecular weight excluding hydrogens is 472 g/mol. The van der Waals surface area contributed by atoms with Crippen molar-refractivity contribution in [3.8, 4) is 28.7 Å². The van der Waals surface area contributed by atoms with Crippen LogP contribution in [0.4, 0.5) is 19.3 Å². The summed E-state index contributed by atoms with van der Waals surface area (Å²) in [4.78, 5) is 15.5. The summed E-state index contributed by atoms with van der Waals surface area (Å²) in [5, 5.41) is 24.3. The van der Waals surface area contributed by atoms with Crippen molar-refractivity contribution < 1.29 is 18.3 Å². The highest BCUT2D eigenvalue weighted by atomic mass is 19.3. The maximum Gasteiger partial charge on any atom is 0.404 e. The summed E-state index contributed by atoms with van der Waals surface area (Å²) < 4.78 is 33.3. The van der Waals surface area contributed by atoms with Crippen LogP contribution in [-0.2, 0) is 4.74 Å². The fourth-order valence-corrected chi connectivity index (χ4v) is 4.48. The van der Waals surface area contributed by atoms with Crippen molar-refractivity contribution in [1.29, 1.82) is 5.26 Å². The van der Waals surface area contributed by atoms with Crippen LogP contribution >= 0.6 is 0 Å². The van der Waals surface area contributed by atoms with Crippen LogP contribution in [0, 0.1) is 16.7 Å². The number of alkyl halides is 2. The molecule has 1 aliphatic rings. The quantitative estimate of drug-likeness (QED) is 0.397. The zero-order chi connectivity index (χ0) is 25.4. The maximum atomic E-state index is 13.1. The van der Waals surface area contributed by atoms with Gasteiger partial charge in [0.1, 0.15) is 11.8 Å². The van der Waals surface area contributed by atoms with E-state index in [1.807, 2.05) is 19.1 Å². The van der Waals surface area contributed by atoms with E-state index in [1.54, 1.807) is 22.8 Å². The Morgan fingerprint density at radius 3 is 2.83 bits per heavy atom. The third-order valence-corrected chi connectivity index (χ3v) is 6.18. The van der Waals surface area contributed by atoms with Crippen molar-refractivity contribution in [1.82, 2.24) is 29.6 Å². The molecule has 4 aromatic rings. The number of ether oxygens (including phenoxy) is 1. The van der Waals surface area contributed by atoms with Crippen LogP contribution in [0.3, 0.4) is 0 Å². The van der Waals surface area contributed by atoms with Crippen LogP contribution in [0.15, 0.2) is 42.9 Å². The van der Waals surface area contributed by atoms with Crippen molar-refractivity contribution in [2.75, 3.05) is 11.9 Å². The largest absolute Gasteiger partial charge is 0.449 e. The number of anilines is 1. The molecule has 0 aliphatic heterocycles. The first-order valence-electron chi connectivity index (χ1n) is 11.0. The zero-order valence-corrected chi connectivity index (χ0v) is 19.1. The molecule has 13 heteroatoms. The van der Waals surface area contributed by atoms with Crippen LogP contribution in [0.25, 0.3) is 28.2 Å². The minimum Gasteiger partial charge on any atom is -0.449 e. The molecule has 0 saturated heterocycles. The van der Waals surface area contributed by atoms with Crippen molar-refractivity contribution in [3.05, 3.63) is 48.4 Å². The van der Waals surface area contributed by atoms with Gasteiger partial charge in [0.2, 0.25) is 0 Å². The molecule has 4 aromatic heterocycles. The van der Waals surface area contributed by atoms with E-state index in [2.05, 4.69) is 31.8 Å². The van der Waals surface area contributed by atoms with Gasteiger partial charge in [-0.2, -0.15) is 23.8 Å². The Bertz CT molecular complexity index is 1480. The SMILES string of the molecule is CC1(COC(N)=O)CC(Nc2cc(-c3ccc4cc(C#N)cnn34)ncc2-c2cn(C(F)F)nn2)C1. The number of nitrogens with two attached hydrogens (primary N) is 1. The van der Waals surface area contributed by atoms with Crippen LogP contribution < -0.4 is 11.1 Å². The molecule has 0 bridgehead atoms. The second-order valence-corrected chi connectivity index (χ2v) is 9.06. The molecular formula is C23H21F2N9O2. The maximum absolute atomic E-state index is 13.1. The third-order valence-electron chi connectivity index (χ3n) is 6.18. The molecule has 1 aliphatic carbocycles. The lowest BCUT2D eigenvalue weighted by molar-refractivity contribution is 0.0373. The molecule has 3 N–H and O–H groups in total. The van der Waals surface area contributed by atoms with Crippen molar-refractivity contribution in [3.63, 3.8) is 0 Å². The van der Waals surface area contributed by atoms with Crippen molar-refractivity contribution >= 4 is 17.3 Å². The normalized spacial score (nSPS) is 19.1. The van der Waals surface area contributed by atoms with E-state index in [9.17, 15) is 13.6 Å². The number of hydrogen-bond donors (Lipinski definition) is 2. The molecule has 36 heavy (non-hydrogen) atoms. The zero-order valence-electron chi connectivity index (χ0n) is 19.1. The lowest BCUT2D eigenvalue weighted by Crippen LogP contribution is -2.46. The van der Waals surface area contributed by atoms with Gasteiger partial charge in [0, 0.05) is 28.9 Å². The highest BCUT2D eigenvalue weighted by Crippen LogP contribution is 2.43. The molecule has 0 unspecified atom stereocenters. The van der Waals surface area contributed by atoms with Crippen LogP contribution in [0.1, 0.15) is 31.9 Å². The minimum absolute atomic E-state index is 0.0333. The molecule has 11 nitrogen and oxygen atoms in total. The number of nitriles is 1. The minimum atomic E-state index is -2.82. The fraction of sp³-hybridized carbons (Fsp3) is 0.304. The topological polar surface area (TPSA) is 149 Å². The first-order chi connectivity index (χ1) is 17.2. The summed E-state index contributed by atoms with van der Waals surface area (Å²) in [5.41, 5.74) is 8.69. The van der Waals surface area contributed by atoms with Gasteiger partial charge in [-0.25, -0.2) is 9.31 Å². The molecule has 0 aromatic carbocycles. The lowest BCUT2D eigenvalue weighted by Gasteiger charge is -2.45. The highest BCUT2D eigenvalue weighted by Gasteiger charge is 2.41. The molecule has 1 saturated carbocycles. The number of carbonyl (C=O) groups excluding carboxylic acids is 1. The molecule has 1 fully saturated rings. The number of amides is 1. The number of rotatable bonds is 7. The Hall–Kier alpha value is -4.60. The second kappa shape index (κ2) is 8.88. The second-order valence-electron chi connectivity index (χ2n) is 9.06. The number of nitrogens with zero attached hydrogens (tertiary/aromatic N) is 7. The van der Waals surface area contributed by atoms with Gasteiger partial charge in [0.15, 0.2) is 0 Å². The van der Waals surface area contributed by atoms with Gasteiger partial charge in [-0.1, -0.05) is 12.1 Å². The van der Waals surface area contributed by atoms with Gasteiger partial charge < -0.3 is 15.8 Å². The fourth-order valence-electron chi connectivity index (χ4n) is 4.48. The number of fused-ring (bicyclic) bond motifs is 1. The monoisotopic (exact) mass is 493 g/mol. The Morgan fingerprint density at radius 1 is 1.33 bits per heavy atom. The van der Waals surface area contributed by atoms with Gasteiger partial charge in [0.05, 0.1) is 41.5 Å². The van der Waals surface area contributed by atoms with Crippen LogP contribution in [-0.4, -0.2) is 48.3 Å². The van der Waals surface area contributed by atoms with E-state index >= 15 is 0 Å². The molecule has 0 radical (unpaired) electrons. The lowest BCUT2D eigenvalue weighted by atomic mass is 9.67. The van der Waals surface area contributed by atoms with Crippen molar-refractivity contribution in [2.24, 2.45) is 11.1 Å². The smallest absolute Gasteiger partial charge is 0.404 e. The highest BCUT2D eigenvalue weighted by molar-refractivity contribution is 5.79. The predicted molar refractivity (Wildman–Crippen MR) is 124 cm³/mol. The summed E-state index contributed by atoms with van der Waals surface area (Å²) in [6.07, 6.45) is 4.77. The van der Waals surface area contributed by atoms with E-state index in [-0.39, 0.29) is 23.8 Å². The Balaban J connectivity index is 1.48. The van der Waals surface area contributed by atoms with Gasteiger partial charge >= 0.3 is 12.6 Å². The Kier molecular flexibility index (Phi) is 5.71. The number of aromatic nitrogens is 6. The van der Waals surface area contributed by atoms with E-state index in [4.69, 9.17) is 15.7 Å². The third kappa shape index (κ3) is 4.40. The molecule has 1 amide bonds. The van der Waals surface area contributed by atoms with Gasteiger partial charge in [-0.05, 0) is 37.1 Å². The predicted octanol–water partition coefficient (Wildman–Crippen LogP) is 3.60. The summed E-state index contributed by atoms with van der Waals surface area (Å²) in [6.45, 7) is -0.608. The number of carbonyl (C=O) groups is 1.